The summed E-state index contributed by atoms with van der Waals surface area (Å²) >= 11 is 1.86. The fourth-order valence-electron chi connectivity index (χ4n) is 2.24. The summed E-state index contributed by atoms with van der Waals surface area (Å²) in [5.41, 5.74) is 2.42. The minimum atomic E-state index is -0.0861. The molecule has 0 radical (unpaired) electrons. The number of nitrogens with one attached hydrogen (secondary N) is 1. The number of ether oxygens (including phenoxy) is 1. The van der Waals surface area contributed by atoms with Crippen molar-refractivity contribution in [3.05, 3.63) is 24.0 Å². The van der Waals surface area contributed by atoms with Crippen LogP contribution in [0.4, 0.5) is 5.69 Å². The molecule has 2 rings (SSSR count). The molecule has 4 nitrogen and oxygen atoms in total. The Labute approximate surface area is 131 Å². The molecule has 0 spiro atoms. The summed E-state index contributed by atoms with van der Waals surface area (Å²) in [6, 6.07) is 4.12. The summed E-state index contributed by atoms with van der Waals surface area (Å²) in [6.07, 6.45) is 5.81. The van der Waals surface area contributed by atoms with Crippen LogP contribution in [0.1, 0.15) is 38.3 Å². The van der Waals surface area contributed by atoms with Crippen LogP contribution in [-0.2, 0) is 15.3 Å². The number of nitrogens with zero attached hydrogens (tertiary/aromatic N) is 1. The Hall–Kier alpha value is -1.23. The van der Waals surface area contributed by atoms with Gasteiger partial charge >= 0.3 is 5.97 Å². The lowest BCUT2D eigenvalue weighted by molar-refractivity contribution is -0.141. The first-order valence-corrected chi connectivity index (χ1v) is 8.66. The average Bonchev–Trinajstić information content (AvgIpc) is 3.25. The summed E-state index contributed by atoms with van der Waals surface area (Å²) in [5, 5.41) is 3.38. The van der Waals surface area contributed by atoms with Gasteiger partial charge in [0.15, 0.2) is 0 Å². The first kappa shape index (κ1) is 16.1. The predicted octanol–water partition coefficient (Wildman–Crippen LogP) is 3.48. The van der Waals surface area contributed by atoms with E-state index in [1.165, 1.54) is 7.11 Å². The fraction of sp³-hybridized carbons (Fsp3) is 0.625. The van der Waals surface area contributed by atoms with Crippen molar-refractivity contribution in [2.45, 2.75) is 38.4 Å². The molecule has 0 atom stereocenters. The molecule has 1 N–H and O–H groups in total. The summed E-state index contributed by atoms with van der Waals surface area (Å²) in [5.74, 6) is 1.82. The van der Waals surface area contributed by atoms with E-state index in [1.54, 1.807) is 0 Å². The Morgan fingerprint density at radius 1 is 1.52 bits per heavy atom. The number of carbonyl (C=O) groups is 1. The maximum absolute atomic E-state index is 11.4. The van der Waals surface area contributed by atoms with E-state index in [1.807, 2.05) is 24.0 Å². The molecule has 116 valence electrons. The Morgan fingerprint density at radius 3 is 3.00 bits per heavy atom. The van der Waals surface area contributed by atoms with Gasteiger partial charge in [0.05, 0.1) is 19.2 Å². The lowest BCUT2D eigenvalue weighted by Crippen LogP contribution is -2.13. The van der Waals surface area contributed by atoms with E-state index in [0.29, 0.717) is 6.42 Å². The van der Waals surface area contributed by atoms with E-state index in [0.717, 1.165) is 48.7 Å². The van der Waals surface area contributed by atoms with Gasteiger partial charge in [-0.2, -0.15) is 11.8 Å². The zero-order chi connectivity index (χ0) is 15.1. The Kier molecular flexibility index (Phi) is 5.91. The van der Waals surface area contributed by atoms with E-state index in [-0.39, 0.29) is 11.4 Å². The summed E-state index contributed by atoms with van der Waals surface area (Å²) in [6.45, 7) is 3.14. The number of thioether (sulfide) groups is 1. The van der Waals surface area contributed by atoms with Crippen molar-refractivity contribution in [2.24, 2.45) is 5.41 Å². The van der Waals surface area contributed by atoms with Crippen LogP contribution in [0.15, 0.2) is 18.3 Å². The second-order valence-corrected chi connectivity index (χ2v) is 6.69. The van der Waals surface area contributed by atoms with Gasteiger partial charge in [0.25, 0.3) is 0 Å². The van der Waals surface area contributed by atoms with Crippen molar-refractivity contribution in [3.8, 4) is 0 Å². The van der Waals surface area contributed by atoms with Gasteiger partial charge in [0.1, 0.15) is 0 Å². The van der Waals surface area contributed by atoms with E-state index < -0.39 is 0 Å². The zero-order valence-electron chi connectivity index (χ0n) is 12.9. The highest BCUT2D eigenvalue weighted by atomic mass is 32.2. The van der Waals surface area contributed by atoms with Crippen LogP contribution in [0.2, 0.25) is 0 Å². The van der Waals surface area contributed by atoms with Crippen molar-refractivity contribution in [3.63, 3.8) is 0 Å². The first-order valence-electron chi connectivity index (χ1n) is 7.51. The second-order valence-electron chi connectivity index (χ2n) is 5.71. The number of carbonyl (C=O) groups excluding carboxylic acids is 1. The minimum absolute atomic E-state index is 0.0861. The van der Waals surface area contributed by atoms with Crippen molar-refractivity contribution < 1.29 is 9.53 Å². The van der Waals surface area contributed by atoms with Crippen molar-refractivity contribution in [1.29, 1.82) is 0 Å². The van der Waals surface area contributed by atoms with E-state index in [4.69, 9.17) is 4.74 Å². The highest BCUT2D eigenvalue weighted by Crippen LogP contribution is 2.51. The molecular formula is C16H24N2O2S. The molecule has 21 heavy (non-hydrogen) atoms. The largest absolute Gasteiger partial charge is 0.469 e. The third-order valence-electron chi connectivity index (χ3n) is 3.76. The summed E-state index contributed by atoms with van der Waals surface area (Å²) in [7, 11) is 1.46. The predicted molar refractivity (Wildman–Crippen MR) is 87.5 cm³/mol. The molecular weight excluding hydrogens is 284 g/mol. The van der Waals surface area contributed by atoms with E-state index >= 15 is 0 Å². The van der Waals surface area contributed by atoms with E-state index in [2.05, 4.69) is 23.3 Å². The number of methoxy groups -OCH3 is 1. The maximum Gasteiger partial charge on any atom is 0.306 e. The lowest BCUT2D eigenvalue weighted by Gasteiger charge is -2.13. The number of hydrogen-bond donors (Lipinski definition) is 1. The summed E-state index contributed by atoms with van der Waals surface area (Å²) in [4.78, 5) is 15.8. The fourth-order valence-corrected chi connectivity index (χ4v) is 3.53. The van der Waals surface area contributed by atoms with Gasteiger partial charge in [0.2, 0.25) is 0 Å². The van der Waals surface area contributed by atoms with E-state index in [9.17, 15) is 4.79 Å². The number of aromatic nitrogens is 1. The number of pyridine rings is 1. The normalized spacial score (nSPS) is 15.5. The van der Waals surface area contributed by atoms with Crippen molar-refractivity contribution in [2.75, 3.05) is 24.7 Å². The van der Waals surface area contributed by atoms with Gasteiger partial charge in [-0.25, -0.2) is 0 Å². The molecule has 1 aromatic rings. The van der Waals surface area contributed by atoms with Crippen molar-refractivity contribution in [1.82, 2.24) is 4.98 Å². The number of esters is 1. The average molecular weight is 308 g/mol. The molecule has 0 amide bonds. The van der Waals surface area contributed by atoms with Crippen LogP contribution >= 0.6 is 11.8 Å². The molecule has 1 aliphatic carbocycles. The number of anilines is 1. The van der Waals surface area contributed by atoms with Gasteiger partial charge in [-0.15, -0.1) is 0 Å². The molecule has 1 aliphatic rings. The Bertz CT molecular complexity index is 475. The monoisotopic (exact) mass is 308 g/mol. The molecule has 5 heteroatoms. The molecule has 0 saturated heterocycles. The van der Waals surface area contributed by atoms with Crippen LogP contribution < -0.4 is 5.32 Å². The quantitative estimate of drug-likeness (QED) is 0.708. The van der Waals surface area contributed by atoms with Crippen LogP contribution in [0.5, 0.6) is 0 Å². The Balaban J connectivity index is 1.77. The topological polar surface area (TPSA) is 51.2 Å². The molecule has 1 saturated carbocycles. The van der Waals surface area contributed by atoms with Crippen LogP contribution in [0.25, 0.3) is 0 Å². The third kappa shape index (κ3) is 5.23. The zero-order valence-corrected chi connectivity index (χ0v) is 13.7. The smallest absolute Gasteiger partial charge is 0.306 e. The van der Waals surface area contributed by atoms with Crippen LogP contribution in [0.3, 0.4) is 0 Å². The van der Waals surface area contributed by atoms with Crippen LogP contribution in [0, 0.1) is 5.41 Å². The second kappa shape index (κ2) is 7.69. The standard InChI is InChI=1S/C16H24N2O2S/c1-3-7-17-13-4-8-18-14(9-13)11-21-12-16(5-6-16)10-15(19)20-2/h4,8-9H,3,5-7,10-12H2,1-2H3,(H,17,18). The molecule has 1 fully saturated rings. The maximum atomic E-state index is 11.4. The van der Waals surface area contributed by atoms with Gasteiger partial charge < -0.3 is 10.1 Å². The SMILES string of the molecule is CCCNc1ccnc(CSCC2(CC(=O)OC)CC2)c1. The molecule has 0 aromatic carbocycles. The van der Waals surface area contributed by atoms with Gasteiger partial charge in [-0.3, -0.25) is 9.78 Å². The Morgan fingerprint density at radius 2 is 2.33 bits per heavy atom. The molecule has 0 bridgehead atoms. The summed E-state index contributed by atoms with van der Waals surface area (Å²) < 4.78 is 4.78. The third-order valence-corrected chi connectivity index (χ3v) is 5.07. The highest BCUT2D eigenvalue weighted by Gasteiger charge is 2.44. The molecule has 1 heterocycles. The lowest BCUT2D eigenvalue weighted by atomic mass is 10.1. The molecule has 0 aliphatic heterocycles. The number of rotatable bonds is 9. The van der Waals surface area contributed by atoms with Gasteiger partial charge in [-0.05, 0) is 42.6 Å². The highest BCUT2D eigenvalue weighted by molar-refractivity contribution is 7.98. The molecule has 1 aromatic heterocycles. The van der Waals surface area contributed by atoms with Gasteiger partial charge in [-0.1, -0.05) is 6.92 Å². The van der Waals surface area contributed by atoms with Gasteiger partial charge in [0, 0.05) is 24.2 Å². The minimum Gasteiger partial charge on any atom is -0.469 e. The first-order chi connectivity index (χ1) is 10.2. The molecule has 0 unspecified atom stereocenters. The van der Waals surface area contributed by atoms with Crippen LogP contribution in [-0.4, -0.2) is 30.4 Å². The number of hydrogen-bond acceptors (Lipinski definition) is 5. The van der Waals surface area contributed by atoms with Crippen molar-refractivity contribution >= 4 is 23.4 Å².